The van der Waals surface area contributed by atoms with Gasteiger partial charge in [-0.1, -0.05) is 11.6 Å². The van der Waals surface area contributed by atoms with Crippen LogP contribution in [0.1, 0.15) is 11.8 Å². The van der Waals surface area contributed by atoms with Gasteiger partial charge in [0.15, 0.2) is 0 Å². The van der Waals surface area contributed by atoms with E-state index in [1.165, 1.54) is 11.3 Å². The van der Waals surface area contributed by atoms with Crippen LogP contribution in [0.15, 0.2) is 17.0 Å². The molecular formula is C12H10ClNO4S2. The molecule has 106 valence electrons. The lowest BCUT2D eigenvalue weighted by Crippen LogP contribution is -2.34. The van der Waals surface area contributed by atoms with Crippen molar-refractivity contribution in [3.8, 4) is 0 Å². The number of hydrogen-bond donors (Lipinski definition) is 0. The summed E-state index contributed by atoms with van der Waals surface area (Å²) in [6, 6.07) is 3.47. The summed E-state index contributed by atoms with van der Waals surface area (Å²) in [5.41, 5.74) is 0. The van der Waals surface area contributed by atoms with Crippen LogP contribution in [0, 0.1) is 0 Å². The first kappa shape index (κ1) is 15.1. The third-order valence-electron chi connectivity index (χ3n) is 2.33. The second-order valence-electron chi connectivity index (χ2n) is 3.71. The molecule has 0 spiro atoms. The van der Waals surface area contributed by atoms with Gasteiger partial charge in [-0.05, 0) is 36.9 Å². The SMILES string of the molecule is CCOC(=O)CN1C(=O)S/C(=C/c2ccc(Cl)s2)C1=O. The number of thiophene rings is 1. The third-order valence-corrected chi connectivity index (χ3v) is 4.42. The molecule has 1 aliphatic heterocycles. The number of amides is 2. The number of esters is 1. The van der Waals surface area contributed by atoms with Crippen LogP contribution in [-0.2, 0) is 14.3 Å². The van der Waals surface area contributed by atoms with Gasteiger partial charge in [0, 0.05) is 4.88 Å². The molecule has 0 radical (unpaired) electrons. The van der Waals surface area contributed by atoms with Crippen molar-refractivity contribution in [2.75, 3.05) is 13.2 Å². The molecule has 0 aromatic carbocycles. The molecule has 2 heterocycles. The molecule has 0 aliphatic carbocycles. The van der Waals surface area contributed by atoms with Crippen LogP contribution in [0.5, 0.6) is 0 Å². The summed E-state index contributed by atoms with van der Waals surface area (Å²) in [7, 11) is 0. The van der Waals surface area contributed by atoms with Gasteiger partial charge in [-0.25, -0.2) is 0 Å². The van der Waals surface area contributed by atoms with E-state index in [0.29, 0.717) is 4.34 Å². The summed E-state index contributed by atoms with van der Waals surface area (Å²) < 4.78 is 5.33. The van der Waals surface area contributed by atoms with E-state index in [2.05, 4.69) is 0 Å². The lowest BCUT2D eigenvalue weighted by molar-refractivity contribution is -0.145. The molecular weight excluding hydrogens is 322 g/mol. The van der Waals surface area contributed by atoms with E-state index in [-0.39, 0.29) is 18.1 Å². The molecule has 20 heavy (non-hydrogen) atoms. The van der Waals surface area contributed by atoms with Gasteiger partial charge >= 0.3 is 5.97 Å². The zero-order valence-corrected chi connectivity index (χ0v) is 12.8. The number of ether oxygens (including phenoxy) is 1. The van der Waals surface area contributed by atoms with Crippen LogP contribution < -0.4 is 0 Å². The maximum Gasteiger partial charge on any atom is 0.326 e. The minimum Gasteiger partial charge on any atom is -0.465 e. The normalized spacial score (nSPS) is 17.1. The van der Waals surface area contributed by atoms with E-state index >= 15 is 0 Å². The quantitative estimate of drug-likeness (QED) is 0.627. The minimum absolute atomic E-state index is 0.207. The van der Waals surface area contributed by atoms with Crippen LogP contribution in [0.4, 0.5) is 4.79 Å². The Morgan fingerprint density at radius 3 is 2.80 bits per heavy atom. The molecule has 1 fully saturated rings. The molecule has 0 atom stereocenters. The minimum atomic E-state index is -0.602. The Bertz CT molecular complexity index is 596. The second kappa shape index (κ2) is 6.43. The highest BCUT2D eigenvalue weighted by Gasteiger charge is 2.36. The molecule has 8 heteroatoms. The largest absolute Gasteiger partial charge is 0.465 e. The van der Waals surface area contributed by atoms with E-state index < -0.39 is 17.1 Å². The van der Waals surface area contributed by atoms with Gasteiger partial charge in [0.1, 0.15) is 6.54 Å². The zero-order chi connectivity index (χ0) is 14.7. The zero-order valence-electron chi connectivity index (χ0n) is 10.4. The first-order valence-electron chi connectivity index (χ1n) is 5.67. The van der Waals surface area contributed by atoms with Gasteiger partial charge < -0.3 is 4.74 Å². The monoisotopic (exact) mass is 331 g/mol. The number of imide groups is 1. The number of hydrogen-bond acceptors (Lipinski definition) is 6. The van der Waals surface area contributed by atoms with E-state index in [1.807, 2.05) is 0 Å². The van der Waals surface area contributed by atoms with Crippen LogP contribution in [0.25, 0.3) is 6.08 Å². The smallest absolute Gasteiger partial charge is 0.326 e. The summed E-state index contributed by atoms with van der Waals surface area (Å²) >= 11 is 7.91. The molecule has 5 nitrogen and oxygen atoms in total. The highest BCUT2D eigenvalue weighted by molar-refractivity contribution is 8.18. The maximum absolute atomic E-state index is 12.0. The first-order valence-corrected chi connectivity index (χ1v) is 7.68. The van der Waals surface area contributed by atoms with Crippen molar-refractivity contribution in [2.24, 2.45) is 0 Å². The highest BCUT2D eigenvalue weighted by atomic mass is 35.5. The highest BCUT2D eigenvalue weighted by Crippen LogP contribution is 2.34. The number of halogens is 1. The van der Waals surface area contributed by atoms with Crippen molar-refractivity contribution in [1.82, 2.24) is 4.90 Å². The van der Waals surface area contributed by atoms with Gasteiger partial charge in [0.05, 0.1) is 15.8 Å². The number of rotatable bonds is 4. The number of nitrogens with zero attached hydrogens (tertiary/aromatic N) is 1. The average Bonchev–Trinajstić information content (AvgIpc) is 2.89. The predicted octanol–water partition coefficient (Wildman–Crippen LogP) is 3.00. The summed E-state index contributed by atoms with van der Waals surface area (Å²) in [6.45, 7) is 1.51. The third kappa shape index (κ3) is 3.41. The van der Waals surface area contributed by atoms with Gasteiger partial charge in [0.2, 0.25) is 0 Å². The fourth-order valence-corrected chi connectivity index (χ4v) is 3.42. The maximum atomic E-state index is 12.0. The molecule has 1 saturated heterocycles. The summed E-state index contributed by atoms with van der Waals surface area (Å²) in [4.78, 5) is 37.0. The van der Waals surface area contributed by atoms with Crippen molar-refractivity contribution >= 4 is 57.9 Å². The van der Waals surface area contributed by atoms with Gasteiger partial charge in [0.25, 0.3) is 11.1 Å². The molecule has 0 N–H and O–H groups in total. The number of carbonyl (C=O) groups excluding carboxylic acids is 3. The van der Waals surface area contributed by atoms with Crippen LogP contribution in [-0.4, -0.2) is 35.2 Å². The predicted molar refractivity (Wildman–Crippen MR) is 78.6 cm³/mol. The van der Waals surface area contributed by atoms with E-state index in [4.69, 9.17) is 16.3 Å². The van der Waals surface area contributed by atoms with Gasteiger partial charge in [-0.15, -0.1) is 11.3 Å². The topological polar surface area (TPSA) is 63.7 Å². The summed E-state index contributed by atoms with van der Waals surface area (Å²) in [6.07, 6.45) is 1.59. The van der Waals surface area contributed by atoms with E-state index in [9.17, 15) is 14.4 Å². The summed E-state index contributed by atoms with van der Waals surface area (Å²) in [5.74, 6) is -1.09. The first-order chi connectivity index (χ1) is 9.51. The Morgan fingerprint density at radius 1 is 1.45 bits per heavy atom. The Labute approximate surface area is 128 Å². The Kier molecular flexibility index (Phi) is 4.85. The van der Waals surface area contributed by atoms with Crippen LogP contribution >= 0.6 is 34.7 Å². The Morgan fingerprint density at radius 2 is 2.20 bits per heavy atom. The fraction of sp³-hybridized carbons (Fsp3) is 0.250. The lowest BCUT2D eigenvalue weighted by Gasteiger charge is -2.10. The van der Waals surface area contributed by atoms with Crippen molar-refractivity contribution in [1.29, 1.82) is 0 Å². The Balaban J connectivity index is 2.12. The van der Waals surface area contributed by atoms with Gasteiger partial charge in [-0.2, -0.15) is 0 Å². The number of thioether (sulfide) groups is 1. The van der Waals surface area contributed by atoms with Crippen LogP contribution in [0.3, 0.4) is 0 Å². The molecule has 1 aliphatic rings. The van der Waals surface area contributed by atoms with E-state index in [1.54, 1.807) is 25.1 Å². The standard InChI is InChI=1S/C12H10ClNO4S2/c1-2-18-10(15)6-14-11(16)8(20-12(14)17)5-7-3-4-9(13)19-7/h3-5H,2,6H2,1H3/b8-5+. The van der Waals surface area contributed by atoms with E-state index in [0.717, 1.165) is 21.5 Å². The van der Waals surface area contributed by atoms with Crippen molar-refractivity contribution in [3.05, 3.63) is 26.3 Å². The molecule has 2 rings (SSSR count). The summed E-state index contributed by atoms with van der Waals surface area (Å²) in [5, 5.41) is -0.475. The molecule has 2 amide bonds. The molecule has 1 aromatic rings. The Hall–Kier alpha value is -1.31. The molecule has 0 unspecified atom stereocenters. The second-order valence-corrected chi connectivity index (χ2v) is 6.45. The fourth-order valence-electron chi connectivity index (χ4n) is 1.51. The van der Waals surface area contributed by atoms with Crippen molar-refractivity contribution in [3.63, 3.8) is 0 Å². The number of carbonyl (C=O) groups is 3. The van der Waals surface area contributed by atoms with Crippen molar-refractivity contribution in [2.45, 2.75) is 6.92 Å². The average molecular weight is 332 g/mol. The molecule has 1 aromatic heterocycles. The van der Waals surface area contributed by atoms with Gasteiger partial charge in [-0.3, -0.25) is 19.3 Å². The molecule has 0 bridgehead atoms. The lowest BCUT2D eigenvalue weighted by atomic mass is 10.3. The molecule has 0 saturated carbocycles. The van der Waals surface area contributed by atoms with Crippen LogP contribution in [0.2, 0.25) is 4.34 Å². The van der Waals surface area contributed by atoms with Crippen molar-refractivity contribution < 1.29 is 19.1 Å².